The summed E-state index contributed by atoms with van der Waals surface area (Å²) >= 11 is 0. The van der Waals surface area contributed by atoms with E-state index in [0.29, 0.717) is 17.8 Å². The van der Waals surface area contributed by atoms with Gasteiger partial charge in [-0.25, -0.2) is 4.79 Å². The standard InChI is InChI=1S/C23H36O4/c1-5-6-7-8-9-10-13-20-15-14-19(3)21(20)17-18(2)12-11-16-23(25,26)22(24)27-4/h10-11,13-15,19-21,25-26H,5-9,16-17H2,1-4H3/t12?,19-,20-,21-/m0/s1. The van der Waals surface area contributed by atoms with Crippen molar-refractivity contribution in [1.29, 1.82) is 0 Å². The van der Waals surface area contributed by atoms with Gasteiger partial charge >= 0.3 is 5.97 Å². The molecule has 4 heteroatoms. The van der Waals surface area contributed by atoms with Crippen LogP contribution < -0.4 is 0 Å². The molecule has 0 radical (unpaired) electrons. The number of methoxy groups -OCH3 is 1. The largest absolute Gasteiger partial charge is 0.465 e. The molecule has 3 atom stereocenters. The van der Waals surface area contributed by atoms with Gasteiger partial charge in [-0.05, 0) is 55.6 Å². The predicted molar refractivity (Wildman–Crippen MR) is 109 cm³/mol. The number of allylic oxidation sites excluding steroid dienone is 4. The maximum atomic E-state index is 11.3. The van der Waals surface area contributed by atoms with E-state index in [0.717, 1.165) is 25.5 Å². The van der Waals surface area contributed by atoms with Gasteiger partial charge in [0.05, 0.1) is 7.11 Å². The summed E-state index contributed by atoms with van der Waals surface area (Å²) in [5.41, 5.74) is 4.13. The van der Waals surface area contributed by atoms with Gasteiger partial charge in [-0.1, -0.05) is 57.4 Å². The van der Waals surface area contributed by atoms with Crippen molar-refractivity contribution < 1.29 is 19.7 Å². The van der Waals surface area contributed by atoms with Crippen molar-refractivity contribution >= 4 is 5.97 Å². The Balaban J connectivity index is 2.59. The van der Waals surface area contributed by atoms with Crippen LogP contribution in [0.1, 0.15) is 65.7 Å². The zero-order valence-electron chi connectivity index (χ0n) is 17.3. The van der Waals surface area contributed by atoms with Crippen molar-refractivity contribution in [3.63, 3.8) is 0 Å². The quantitative estimate of drug-likeness (QED) is 0.180. The van der Waals surface area contributed by atoms with Crippen molar-refractivity contribution in [3.8, 4) is 0 Å². The summed E-state index contributed by atoms with van der Waals surface area (Å²) in [6.45, 7) is 6.45. The van der Waals surface area contributed by atoms with Crippen LogP contribution >= 0.6 is 0 Å². The molecule has 0 saturated carbocycles. The molecule has 0 bridgehead atoms. The van der Waals surface area contributed by atoms with Crippen molar-refractivity contribution in [2.45, 2.75) is 71.5 Å². The number of esters is 1. The van der Waals surface area contributed by atoms with Gasteiger partial charge in [-0.3, -0.25) is 0 Å². The molecule has 2 N–H and O–H groups in total. The minimum Gasteiger partial charge on any atom is -0.465 e. The van der Waals surface area contributed by atoms with Crippen LogP contribution in [-0.4, -0.2) is 29.1 Å². The molecule has 0 heterocycles. The molecule has 4 nitrogen and oxygen atoms in total. The van der Waals surface area contributed by atoms with Crippen LogP contribution in [0.15, 0.2) is 41.7 Å². The number of rotatable bonds is 11. The summed E-state index contributed by atoms with van der Waals surface area (Å²) in [4.78, 5) is 11.3. The van der Waals surface area contributed by atoms with Crippen molar-refractivity contribution in [3.05, 3.63) is 41.7 Å². The number of carbonyl (C=O) groups is 1. The first-order chi connectivity index (χ1) is 12.8. The zero-order chi connectivity index (χ0) is 20.3. The molecule has 1 rings (SSSR count). The SMILES string of the molecule is CCCCCCC=C[C@H]1C=C[C@H](C)[C@@H]1CC(C)=C=CCC(O)(O)C(=O)OC. The number of ether oxygens (including phenoxy) is 1. The fraction of sp³-hybridized carbons (Fsp3) is 0.652. The monoisotopic (exact) mass is 376 g/mol. The molecule has 0 spiro atoms. The van der Waals surface area contributed by atoms with Crippen LogP contribution in [0.25, 0.3) is 0 Å². The van der Waals surface area contributed by atoms with Gasteiger partial charge in [0.15, 0.2) is 0 Å². The Hall–Kier alpha value is -1.61. The topological polar surface area (TPSA) is 66.8 Å². The normalized spacial score (nSPS) is 22.1. The summed E-state index contributed by atoms with van der Waals surface area (Å²) in [6.07, 6.45) is 17.6. The number of aliphatic hydroxyl groups is 2. The van der Waals surface area contributed by atoms with Crippen molar-refractivity contribution in [2.75, 3.05) is 7.11 Å². The molecule has 0 aromatic heterocycles. The number of hydrogen-bond donors (Lipinski definition) is 2. The third-order valence-corrected chi connectivity index (χ3v) is 5.18. The maximum absolute atomic E-state index is 11.3. The Bertz CT molecular complexity index is 579. The minimum atomic E-state index is -2.49. The predicted octanol–water partition coefficient (Wildman–Crippen LogP) is 4.69. The smallest absolute Gasteiger partial charge is 0.366 e. The van der Waals surface area contributed by atoms with Crippen LogP contribution in [0.4, 0.5) is 0 Å². The fourth-order valence-electron chi connectivity index (χ4n) is 3.44. The Morgan fingerprint density at radius 1 is 1.26 bits per heavy atom. The lowest BCUT2D eigenvalue weighted by atomic mass is 9.83. The highest BCUT2D eigenvalue weighted by atomic mass is 16.6. The first kappa shape index (κ1) is 23.4. The molecule has 1 aliphatic rings. The van der Waals surface area contributed by atoms with E-state index in [1.54, 1.807) is 0 Å². The number of unbranched alkanes of at least 4 members (excludes halogenated alkanes) is 4. The molecule has 0 unspecified atom stereocenters. The Morgan fingerprint density at radius 2 is 2.00 bits per heavy atom. The summed E-state index contributed by atoms with van der Waals surface area (Å²) < 4.78 is 4.37. The van der Waals surface area contributed by atoms with Crippen LogP contribution in [0.5, 0.6) is 0 Å². The highest BCUT2D eigenvalue weighted by Crippen LogP contribution is 2.36. The number of hydrogen-bond acceptors (Lipinski definition) is 4. The van der Waals surface area contributed by atoms with Crippen LogP contribution in [0, 0.1) is 17.8 Å². The molecule has 152 valence electrons. The molecule has 0 amide bonds. The van der Waals surface area contributed by atoms with Crippen molar-refractivity contribution in [2.24, 2.45) is 17.8 Å². The molecule has 0 aromatic carbocycles. The zero-order valence-corrected chi connectivity index (χ0v) is 17.3. The van der Waals surface area contributed by atoms with Crippen LogP contribution in [0.3, 0.4) is 0 Å². The van der Waals surface area contributed by atoms with Gasteiger partial charge in [-0.15, -0.1) is 5.73 Å². The molecule has 0 fully saturated rings. The lowest BCUT2D eigenvalue weighted by molar-refractivity contribution is -0.205. The van der Waals surface area contributed by atoms with E-state index in [9.17, 15) is 15.0 Å². The van der Waals surface area contributed by atoms with Gasteiger partial charge in [0.1, 0.15) is 0 Å². The van der Waals surface area contributed by atoms with E-state index >= 15 is 0 Å². The lowest BCUT2D eigenvalue weighted by Crippen LogP contribution is -2.38. The summed E-state index contributed by atoms with van der Waals surface area (Å²) in [6, 6.07) is 0. The van der Waals surface area contributed by atoms with E-state index in [1.165, 1.54) is 31.8 Å². The van der Waals surface area contributed by atoms with E-state index in [1.807, 2.05) is 6.92 Å². The highest BCUT2D eigenvalue weighted by molar-refractivity contribution is 5.77. The summed E-state index contributed by atoms with van der Waals surface area (Å²) in [7, 11) is 1.13. The first-order valence-corrected chi connectivity index (χ1v) is 10.1. The fourth-order valence-corrected chi connectivity index (χ4v) is 3.44. The van der Waals surface area contributed by atoms with E-state index in [-0.39, 0.29) is 6.42 Å². The van der Waals surface area contributed by atoms with E-state index < -0.39 is 11.8 Å². The average molecular weight is 377 g/mol. The maximum Gasteiger partial charge on any atom is 0.366 e. The van der Waals surface area contributed by atoms with Gasteiger partial charge < -0.3 is 14.9 Å². The molecule has 1 aliphatic carbocycles. The molecule has 0 aromatic rings. The molecular weight excluding hydrogens is 340 g/mol. The Morgan fingerprint density at radius 3 is 2.67 bits per heavy atom. The van der Waals surface area contributed by atoms with Gasteiger partial charge in [0.2, 0.25) is 0 Å². The Kier molecular flexibility index (Phi) is 10.4. The molecule has 27 heavy (non-hydrogen) atoms. The van der Waals surface area contributed by atoms with E-state index in [4.69, 9.17) is 0 Å². The molecule has 0 aliphatic heterocycles. The Labute approximate surface area is 164 Å². The molecular formula is C23H36O4. The van der Waals surface area contributed by atoms with Crippen LogP contribution in [-0.2, 0) is 9.53 Å². The first-order valence-electron chi connectivity index (χ1n) is 10.1. The third kappa shape index (κ3) is 8.30. The van der Waals surface area contributed by atoms with Gasteiger partial charge in [-0.2, -0.15) is 0 Å². The molecule has 0 saturated heterocycles. The minimum absolute atomic E-state index is 0.240. The lowest BCUT2D eigenvalue weighted by Gasteiger charge is -2.21. The summed E-state index contributed by atoms with van der Waals surface area (Å²) in [5, 5.41) is 19.2. The van der Waals surface area contributed by atoms with Crippen molar-refractivity contribution in [1.82, 2.24) is 0 Å². The highest BCUT2D eigenvalue weighted by Gasteiger charge is 2.33. The second-order valence-electron chi connectivity index (χ2n) is 7.61. The number of carbonyl (C=O) groups excluding carboxylic acids is 1. The third-order valence-electron chi connectivity index (χ3n) is 5.18. The summed E-state index contributed by atoms with van der Waals surface area (Å²) in [5.74, 6) is -2.12. The van der Waals surface area contributed by atoms with Gasteiger partial charge in [0, 0.05) is 6.42 Å². The van der Waals surface area contributed by atoms with Gasteiger partial charge in [0.25, 0.3) is 5.79 Å². The van der Waals surface area contributed by atoms with Crippen LogP contribution in [0.2, 0.25) is 0 Å². The van der Waals surface area contributed by atoms with E-state index in [2.05, 4.69) is 48.6 Å². The second kappa shape index (κ2) is 12.0. The average Bonchev–Trinajstić information content (AvgIpc) is 2.97. The second-order valence-corrected chi connectivity index (χ2v) is 7.61.